The summed E-state index contributed by atoms with van der Waals surface area (Å²) in [5.74, 6) is 1.93. The molecule has 1 aliphatic rings. The zero-order valence-corrected chi connectivity index (χ0v) is 13.3. The van der Waals surface area contributed by atoms with Crippen LogP contribution in [0.25, 0.3) is 11.3 Å². The van der Waals surface area contributed by atoms with Crippen LogP contribution in [0.3, 0.4) is 0 Å². The van der Waals surface area contributed by atoms with E-state index in [0.29, 0.717) is 41.5 Å². The molecule has 1 aromatic heterocycles. The third kappa shape index (κ3) is 3.50. The monoisotopic (exact) mass is 318 g/mol. The number of halogens is 1. The number of amides is 1. The first-order chi connectivity index (χ1) is 10.7. The number of rotatable bonds is 6. The molecule has 22 heavy (non-hydrogen) atoms. The van der Waals surface area contributed by atoms with Crippen LogP contribution in [-0.4, -0.2) is 16.9 Å². The van der Waals surface area contributed by atoms with Gasteiger partial charge in [0.25, 0.3) is 0 Å². The van der Waals surface area contributed by atoms with Gasteiger partial charge >= 0.3 is 0 Å². The number of carbonyl (C=O) groups excluding carboxylic acids is 1. The van der Waals surface area contributed by atoms with Crippen molar-refractivity contribution in [2.45, 2.75) is 38.6 Å². The van der Waals surface area contributed by atoms with Crippen molar-refractivity contribution in [3.05, 3.63) is 41.4 Å². The van der Waals surface area contributed by atoms with Gasteiger partial charge in [-0.15, -0.1) is 0 Å². The molecule has 4 nitrogen and oxygen atoms in total. The van der Waals surface area contributed by atoms with Crippen LogP contribution in [0.15, 0.2) is 34.9 Å². The fourth-order valence-electron chi connectivity index (χ4n) is 2.59. The minimum Gasteiger partial charge on any atom is -0.441 e. The minimum absolute atomic E-state index is 0.0680. The highest BCUT2D eigenvalue weighted by atomic mass is 35.5. The number of benzene rings is 1. The third-order valence-electron chi connectivity index (χ3n) is 4.05. The van der Waals surface area contributed by atoms with Gasteiger partial charge in [-0.3, -0.25) is 4.79 Å². The number of nitrogens with zero attached hydrogens (tertiary/aromatic N) is 1. The highest BCUT2D eigenvalue weighted by Crippen LogP contribution is 2.33. The summed E-state index contributed by atoms with van der Waals surface area (Å²) in [5, 5.41) is 3.67. The van der Waals surface area contributed by atoms with Gasteiger partial charge in [0.2, 0.25) is 5.91 Å². The number of hydrogen-bond donors (Lipinski definition) is 1. The fraction of sp³-hybridized carbons (Fsp3) is 0.412. The zero-order chi connectivity index (χ0) is 15.5. The highest BCUT2D eigenvalue weighted by molar-refractivity contribution is 6.33. The maximum Gasteiger partial charge on any atom is 0.220 e. The first kappa shape index (κ1) is 15.1. The quantitative estimate of drug-likeness (QED) is 0.880. The zero-order valence-electron chi connectivity index (χ0n) is 12.5. The molecule has 1 saturated carbocycles. The van der Waals surface area contributed by atoms with Gasteiger partial charge in [-0.1, -0.05) is 37.1 Å². The van der Waals surface area contributed by atoms with Crippen molar-refractivity contribution in [3.8, 4) is 11.3 Å². The van der Waals surface area contributed by atoms with Crippen molar-refractivity contribution in [1.29, 1.82) is 0 Å². The molecule has 0 spiro atoms. The molecule has 1 aromatic carbocycles. The van der Waals surface area contributed by atoms with Crippen molar-refractivity contribution < 1.29 is 9.21 Å². The summed E-state index contributed by atoms with van der Waals surface area (Å²) in [4.78, 5) is 16.1. The molecule has 1 aliphatic carbocycles. The lowest BCUT2D eigenvalue weighted by atomic mass is 10.2. The average molecular weight is 319 g/mol. The van der Waals surface area contributed by atoms with E-state index in [1.807, 2.05) is 24.3 Å². The topological polar surface area (TPSA) is 55.1 Å². The van der Waals surface area contributed by atoms with E-state index in [0.717, 1.165) is 18.4 Å². The Morgan fingerprint density at radius 1 is 1.45 bits per heavy atom. The number of aryl methyl sites for hydroxylation is 1. The molecule has 0 radical (unpaired) electrons. The van der Waals surface area contributed by atoms with E-state index in [9.17, 15) is 4.79 Å². The van der Waals surface area contributed by atoms with E-state index in [1.165, 1.54) is 0 Å². The number of aromatic nitrogens is 1. The molecular weight excluding hydrogens is 300 g/mol. The third-order valence-corrected chi connectivity index (χ3v) is 4.38. The molecule has 2 atom stereocenters. The summed E-state index contributed by atoms with van der Waals surface area (Å²) in [7, 11) is 0. The predicted molar refractivity (Wildman–Crippen MR) is 85.6 cm³/mol. The van der Waals surface area contributed by atoms with Crippen molar-refractivity contribution in [3.63, 3.8) is 0 Å². The number of oxazole rings is 1. The second kappa shape index (κ2) is 6.53. The van der Waals surface area contributed by atoms with E-state index in [4.69, 9.17) is 16.0 Å². The summed E-state index contributed by atoms with van der Waals surface area (Å²) in [6.45, 7) is 2.15. The van der Waals surface area contributed by atoms with Gasteiger partial charge in [-0.05, 0) is 24.5 Å². The van der Waals surface area contributed by atoms with Crippen LogP contribution in [-0.2, 0) is 11.2 Å². The summed E-state index contributed by atoms with van der Waals surface area (Å²) < 4.78 is 5.69. The SMILES string of the molecule is CC[C@H]1C[C@H]1NC(=O)CCc1ncc(-c2ccccc2Cl)o1. The lowest BCUT2D eigenvalue weighted by Gasteiger charge is -2.02. The Morgan fingerprint density at radius 3 is 3.00 bits per heavy atom. The van der Waals surface area contributed by atoms with Crippen molar-refractivity contribution >= 4 is 17.5 Å². The largest absolute Gasteiger partial charge is 0.441 e. The molecule has 0 unspecified atom stereocenters. The Hall–Kier alpha value is -1.81. The Labute approximate surface area is 134 Å². The van der Waals surface area contributed by atoms with Crippen LogP contribution in [0.4, 0.5) is 0 Å². The molecule has 1 N–H and O–H groups in total. The van der Waals surface area contributed by atoms with Gasteiger partial charge in [0.15, 0.2) is 11.7 Å². The normalized spacial score (nSPS) is 19.9. The van der Waals surface area contributed by atoms with Gasteiger partial charge < -0.3 is 9.73 Å². The number of hydrogen-bond acceptors (Lipinski definition) is 3. The molecule has 2 aromatic rings. The first-order valence-electron chi connectivity index (χ1n) is 7.66. The van der Waals surface area contributed by atoms with Crippen LogP contribution in [0.2, 0.25) is 5.02 Å². The van der Waals surface area contributed by atoms with Crippen LogP contribution in [0.1, 0.15) is 32.1 Å². The molecule has 116 valence electrons. The van der Waals surface area contributed by atoms with Crippen molar-refractivity contribution in [2.75, 3.05) is 0 Å². The molecule has 1 amide bonds. The summed E-state index contributed by atoms with van der Waals surface area (Å²) >= 11 is 6.14. The second-order valence-corrected chi connectivity index (χ2v) is 6.08. The van der Waals surface area contributed by atoms with E-state index < -0.39 is 0 Å². The Morgan fingerprint density at radius 2 is 2.27 bits per heavy atom. The van der Waals surface area contributed by atoms with Crippen molar-refractivity contribution in [2.24, 2.45) is 5.92 Å². The molecular formula is C17H19ClN2O2. The van der Waals surface area contributed by atoms with Crippen LogP contribution >= 0.6 is 11.6 Å². The second-order valence-electron chi connectivity index (χ2n) is 5.68. The molecule has 0 saturated heterocycles. The number of nitrogens with one attached hydrogen (secondary N) is 1. The van der Waals surface area contributed by atoms with Crippen LogP contribution < -0.4 is 5.32 Å². The van der Waals surface area contributed by atoms with E-state index in [1.54, 1.807) is 6.20 Å². The van der Waals surface area contributed by atoms with E-state index in [-0.39, 0.29) is 5.91 Å². The predicted octanol–water partition coefficient (Wildman–Crippen LogP) is 3.84. The van der Waals surface area contributed by atoms with Crippen LogP contribution in [0, 0.1) is 5.92 Å². The lowest BCUT2D eigenvalue weighted by Crippen LogP contribution is -2.26. The standard InChI is InChI=1S/C17H19ClN2O2/c1-2-11-9-14(11)20-16(21)7-8-17-19-10-15(22-17)12-5-3-4-6-13(12)18/h3-6,10-11,14H,2,7-9H2,1H3,(H,20,21)/t11-,14+/m0/s1. The van der Waals surface area contributed by atoms with Crippen LogP contribution in [0.5, 0.6) is 0 Å². The molecule has 0 bridgehead atoms. The number of carbonyl (C=O) groups is 1. The molecule has 1 heterocycles. The highest BCUT2D eigenvalue weighted by Gasteiger charge is 2.36. The van der Waals surface area contributed by atoms with Gasteiger partial charge in [0.1, 0.15) is 0 Å². The Balaban J connectivity index is 1.54. The van der Waals surface area contributed by atoms with Gasteiger partial charge in [0.05, 0.1) is 11.2 Å². The average Bonchev–Trinajstić information content (AvgIpc) is 3.09. The van der Waals surface area contributed by atoms with E-state index >= 15 is 0 Å². The molecule has 1 fully saturated rings. The van der Waals surface area contributed by atoms with Gasteiger partial charge in [-0.2, -0.15) is 0 Å². The summed E-state index contributed by atoms with van der Waals surface area (Å²) in [6.07, 6.45) is 4.79. The minimum atomic E-state index is 0.0680. The molecule has 0 aliphatic heterocycles. The smallest absolute Gasteiger partial charge is 0.220 e. The molecule has 3 rings (SSSR count). The Bertz CT molecular complexity index is 668. The van der Waals surface area contributed by atoms with Gasteiger partial charge in [0, 0.05) is 24.4 Å². The summed E-state index contributed by atoms with van der Waals surface area (Å²) in [5.41, 5.74) is 0.816. The van der Waals surface area contributed by atoms with Gasteiger partial charge in [-0.25, -0.2) is 4.98 Å². The van der Waals surface area contributed by atoms with Crippen molar-refractivity contribution in [1.82, 2.24) is 10.3 Å². The maximum atomic E-state index is 11.9. The molecule has 5 heteroatoms. The fourth-order valence-corrected chi connectivity index (χ4v) is 2.82. The first-order valence-corrected chi connectivity index (χ1v) is 8.04. The van der Waals surface area contributed by atoms with E-state index in [2.05, 4.69) is 17.2 Å². The summed E-state index contributed by atoms with van der Waals surface area (Å²) in [6, 6.07) is 7.84. The lowest BCUT2D eigenvalue weighted by molar-refractivity contribution is -0.121. The Kier molecular flexibility index (Phi) is 4.48. The maximum absolute atomic E-state index is 11.9.